The van der Waals surface area contributed by atoms with Gasteiger partial charge in [0, 0.05) is 13.0 Å². The minimum atomic E-state index is -4.37. The van der Waals surface area contributed by atoms with Gasteiger partial charge in [-0.05, 0) is 55.5 Å². The maximum absolute atomic E-state index is 12.2. The molecule has 0 saturated carbocycles. The topological polar surface area (TPSA) is 50.4 Å². The molecular formula is C18H26ClF3N2O2. The van der Waals surface area contributed by atoms with Gasteiger partial charge in [0.2, 0.25) is 5.91 Å². The highest BCUT2D eigenvalue weighted by atomic mass is 35.5. The predicted octanol–water partition coefficient (Wildman–Crippen LogP) is 3.69. The zero-order chi connectivity index (χ0) is 18.3. The molecule has 1 amide bonds. The number of alkyl halides is 3. The molecule has 1 saturated heterocycles. The van der Waals surface area contributed by atoms with Crippen LogP contribution in [0.15, 0.2) is 24.3 Å². The second-order valence-electron chi connectivity index (χ2n) is 6.60. The van der Waals surface area contributed by atoms with Crippen LogP contribution in [0.3, 0.4) is 0 Å². The van der Waals surface area contributed by atoms with Crippen LogP contribution in [0.1, 0.15) is 31.7 Å². The van der Waals surface area contributed by atoms with Crippen molar-refractivity contribution in [2.75, 3.05) is 19.7 Å². The van der Waals surface area contributed by atoms with Crippen molar-refractivity contribution in [3.63, 3.8) is 0 Å². The van der Waals surface area contributed by atoms with Crippen molar-refractivity contribution in [2.24, 2.45) is 11.8 Å². The highest BCUT2D eigenvalue weighted by Gasteiger charge is 2.28. The summed E-state index contributed by atoms with van der Waals surface area (Å²) in [4.78, 5) is 12.1. The van der Waals surface area contributed by atoms with E-state index in [1.807, 2.05) is 0 Å². The van der Waals surface area contributed by atoms with Gasteiger partial charge in [-0.3, -0.25) is 4.79 Å². The molecule has 0 aromatic heterocycles. The van der Waals surface area contributed by atoms with Gasteiger partial charge < -0.3 is 15.4 Å². The van der Waals surface area contributed by atoms with Crippen LogP contribution in [0.2, 0.25) is 0 Å². The number of hydrogen-bond donors (Lipinski definition) is 2. The Morgan fingerprint density at radius 3 is 2.69 bits per heavy atom. The predicted molar refractivity (Wildman–Crippen MR) is 96.5 cm³/mol. The van der Waals surface area contributed by atoms with Crippen molar-refractivity contribution in [2.45, 2.75) is 38.9 Å². The Kier molecular flexibility index (Phi) is 9.22. The van der Waals surface area contributed by atoms with Crippen molar-refractivity contribution in [1.82, 2.24) is 10.6 Å². The number of carbonyl (C=O) groups is 1. The highest BCUT2D eigenvalue weighted by molar-refractivity contribution is 5.85. The number of piperidine rings is 1. The van der Waals surface area contributed by atoms with Crippen LogP contribution >= 0.6 is 12.4 Å². The van der Waals surface area contributed by atoms with Gasteiger partial charge in [0.1, 0.15) is 5.75 Å². The van der Waals surface area contributed by atoms with E-state index in [4.69, 9.17) is 4.74 Å². The Balaban J connectivity index is 0.00000338. The van der Waals surface area contributed by atoms with E-state index in [0.717, 1.165) is 25.9 Å². The zero-order valence-corrected chi connectivity index (χ0v) is 15.6. The van der Waals surface area contributed by atoms with Crippen LogP contribution in [0, 0.1) is 11.8 Å². The van der Waals surface area contributed by atoms with Crippen LogP contribution in [-0.2, 0) is 11.3 Å². The number of benzene rings is 1. The molecule has 148 valence electrons. The molecule has 2 N–H and O–H groups in total. The minimum Gasteiger partial charge on any atom is -0.484 e. The number of hydrogen-bond acceptors (Lipinski definition) is 3. The van der Waals surface area contributed by atoms with Gasteiger partial charge in [-0.25, -0.2) is 0 Å². The Morgan fingerprint density at radius 2 is 2.04 bits per heavy atom. The number of rotatable bonds is 7. The van der Waals surface area contributed by atoms with Crippen LogP contribution in [0.5, 0.6) is 5.75 Å². The van der Waals surface area contributed by atoms with Crippen LogP contribution in [0.25, 0.3) is 0 Å². The Hall–Kier alpha value is -1.47. The lowest BCUT2D eigenvalue weighted by atomic mass is 9.84. The number of carbonyl (C=O) groups excluding carboxylic acids is 1. The lowest BCUT2D eigenvalue weighted by molar-refractivity contribution is -0.153. The number of ether oxygens (including phenoxy) is 1. The standard InChI is InChI=1S/C18H25F3N2O2.ClH/c1-13(15-5-7-22-8-6-15)9-17(24)23-11-14-3-2-4-16(10-14)25-12-18(19,20)21;/h2-4,10,13,15,22H,5-9,11-12H2,1H3,(H,23,24);1H. The minimum absolute atomic E-state index is 0. The fourth-order valence-electron chi connectivity index (χ4n) is 3.06. The Labute approximate surface area is 158 Å². The van der Waals surface area contributed by atoms with Crippen molar-refractivity contribution in [3.05, 3.63) is 29.8 Å². The number of halogens is 4. The first kappa shape index (κ1) is 22.6. The molecule has 8 heteroatoms. The summed E-state index contributed by atoms with van der Waals surface area (Å²) in [5.41, 5.74) is 0.711. The van der Waals surface area contributed by atoms with E-state index >= 15 is 0 Å². The molecule has 1 aliphatic heterocycles. The van der Waals surface area contributed by atoms with Gasteiger partial charge >= 0.3 is 6.18 Å². The summed E-state index contributed by atoms with van der Waals surface area (Å²) in [6.45, 7) is 3.06. The highest BCUT2D eigenvalue weighted by Crippen LogP contribution is 2.24. The van der Waals surface area contributed by atoms with Gasteiger partial charge in [-0.2, -0.15) is 13.2 Å². The van der Waals surface area contributed by atoms with Gasteiger partial charge in [0.25, 0.3) is 0 Å². The maximum Gasteiger partial charge on any atom is 0.422 e. The molecule has 1 heterocycles. The SMILES string of the molecule is CC(CC(=O)NCc1cccc(OCC(F)(F)F)c1)C1CCNCC1.Cl. The fraction of sp³-hybridized carbons (Fsp3) is 0.611. The van der Waals surface area contributed by atoms with E-state index in [1.54, 1.807) is 12.1 Å². The molecule has 0 radical (unpaired) electrons. The van der Waals surface area contributed by atoms with E-state index in [2.05, 4.69) is 17.6 Å². The van der Waals surface area contributed by atoms with E-state index in [1.165, 1.54) is 12.1 Å². The summed E-state index contributed by atoms with van der Waals surface area (Å²) in [6, 6.07) is 6.35. The maximum atomic E-state index is 12.2. The van der Waals surface area contributed by atoms with E-state index in [9.17, 15) is 18.0 Å². The summed E-state index contributed by atoms with van der Waals surface area (Å²) in [5.74, 6) is 0.995. The molecular weight excluding hydrogens is 369 g/mol. The molecule has 1 fully saturated rings. The molecule has 1 atom stereocenters. The molecule has 26 heavy (non-hydrogen) atoms. The lowest BCUT2D eigenvalue weighted by Gasteiger charge is -2.27. The number of nitrogens with one attached hydrogen (secondary N) is 2. The van der Waals surface area contributed by atoms with E-state index in [-0.39, 0.29) is 30.6 Å². The van der Waals surface area contributed by atoms with Gasteiger partial charge in [-0.15, -0.1) is 12.4 Å². The first-order valence-corrected chi connectivity index (χ1v) is 8.59. The monoisotopic (exact) mass is 394 g/mol. The van der Waals surface area contributed by atoms with E-state index in [0.29, 0.717) is 23.8 Å². The second kappa shape index (κ2) is 10.6. The summed E-state index contributed by atoms with van der Waals surface area (Å²) < 4.78 is 41.3. The molecule has 0 aliphatic carbocycles. The van der Waals surface area contributed by atoms with Crippen LogP contribution < -0.4 is 15.4 Å². The third-order valence-corrected chi connectivity index (χ3v) is 4.49. The van der Waals surface area contributed by atoms with Gasteiger partial charge in [0.05, 0.1) is 0 Å². The summed E-state index contributed by atoms with van der Waals surface area (Å²) in [6.07, 6.45) is -1.72. The first-order valence-electron chi connectivity index (χ1n) is 8.59. The zero-order valence-electron chi connectivity index (χ0n) is 14.8. The van der Waals surface area contributed by atoms with Gasteiger partial charge in [-0.1, -0.05) is 19.1 Å². The normalized spacial score (nSPS) is 16.5. The van der Waals surface area contributed by atoms with Crippen molar-refractivity contribution in [1.29, 1.82) is 0 Å². The molecule has 2 rings (SSSR count). The molecule has 1 aromatic rings. The third kappa shape index (κ3) is 8.27. The van der Waals surface area contributed by atoms with Crippen molar-refractivity contribution in [3.8, 4) is 5.75 Å². The van der Waals surface area contributed by atoms with Crippen LogP contribution in [-0.4, -0.2) is 31.8 Å². The largest absolute Gasteiger partial charge is 0.484 e. The smallest absolute Gasteiger partial charge is 0.422 e. The number of amides is 1. The van der Waals surface area contributed by atoms with E-state index < -0.39 is 12.8 Å². The summed E-state index contributed by atoms with van der Waals surface area (Å²) in [7, 11) is 0. The average molecular weight is 395 g/mol. The quantitative estimate of drug-likeness (QED) is 0.741. The molecule has 0 bridgehead atoms. The Morgan fingerprint density at radius 1 is 1.35 bits per heavy atom. The molecule has 1 aromatic carbocycles. The molecule has 4 nitrogen and oxygen atoms in total. The van der Waals surface area contributed by atoms with Crippen LogP contribution in [0.4, 0.5) is 13.2 Å². The second-order valence-corrected chi connectivity index (χ2v) is 6.60. The summed E-state index contributed by atoms with van der Waals surface area (Å²) >= 11 is 0. The molecule has 0 spiro atoms. The molecule has 1 unspecified atom stereocenters. The third-order valence-electron chi connectivity index (χ3n) is 4.49. The fourth-order valence-corrected chi connectivity index (χ4v) is 3.06. The molecule has 1 aliphatic rings. The van der Waals surface area contributed by atoms with Gasteiger partial charge in [0.15, 0.2) is 6.61 Å². The van der Waals surface area contributed by atoms with Crippen molar-refractivity contribution >= 4 is 18.3 Å². The first-order chi connectivity index (χ1) is 11.8. The average Bonchev–Trinajstić information content (AvgIpc) is 2.59. The Bertz CT molecular complexity index is 564. The summed E-state index contributed by atoms with van der Waals surface area (Å²) in [5, 5.41) is 6.15. The van der Waals surface area contributed by atoms with Crippen molar-refractivity contribution < 1.29 is 22.7 Å². The lowest BCUT2D eigenvalue weighted by Crippen LogP contribution is -2.33.